The Labute approximate surface area is 157 Å². The number of rotatable bonds is 4. The molecule has 4 nitrogen and oxygen atoms in total. The average molecular weight is 357 g/mol. The summed E-state index contributed by atoms with van der Waals surface area (Å²) in [6, 6.07) is 20.6. The number of hydrogen-bond acceptors (Lipinski definition) is 4. The van der Waals surface area contributed by atoms with Gasteiger partial charge in [0.25, 0.3) is 0 Å². The minimum Gasteiger partial charge on any atom is -0.493 e. The maximum atomic E-state index is 5.63. The Morgan fingerprint density at radius 1 is 0.889 bits per heavy atom. The lowest BCUT2D eigenvalue weighted by Gasteiger charge is -2.14. The van der Waals surface area contributed by atoms with E-state index in [1.807, 2.05) is 24.3 Å². The Morgan fingerprint density at radius 3 is 2.33 bits per heavy atom. The number of methoxy groups -OCH3 is 2. The molecule has 0 amide bonds. The van der Waals surface area contributed by atoms with Gasteiger partial charge in [0, 0.05) is 21.7 Å². The summed E-state index contributed by atoms with van der Waals surface area (Å²) in [6.45, 7) is 0.761. The minimum atomic E-state index is 0.149. The summed E-state index contributed by atoms with van der Waals surface area (Å²) in [6.07, 6.45) is 0.149. The number of hydrogen-bond donors (Lipinski definition) is 0. The smallest absolute Gasteiger partial charge is 0.168 e. The molecule has 27 heavy (non-hydrogen) atoms. The van der Waals surface area contributed by atoms with Crippen molar-refractivity contribution in [3.05, 3.63) is 66.2 Å². The Hall–Kier alpha value is -3.11. The zero-order chi connectivity index (χ0) is 18.4. The molecule has 0 spiro atoms. The molecule has 1 fully saturated rings. The van der Waals surface area contributed by atoms with Crippen LogP contribution >= 0.6 is 0 Å². The van der Waals surface area contributed by atoms with Crippen LogP contribution in [0.4, 0.5) is 0 Å². The lowest BCUT2D eigenvalue weighted by atomic mass is 9.98. The molecular formula is C23H19NO3. The van der Waals surface area contributed by atoms with Gasteiger partial charge in [0.05, 0.1) is 32.0 Å². The molecule has 1 unspecified atom stereocenters. The molecule has 0 bridgehead atoms. The number of nitrogens with zero attached hydrogens (tertiary/aromatic N) is 1. The molecule has 1 aliphatic rings. The van der Waals surface area contributed by atoms with Crippen molar-refractivity contribution in [1.29, 1.82) is 0 Å². The molecule has 5 rings (SSSR count). The van der Waals surface area contributed by atoms with Crippen molar-refractivity contribution in [2.24, 2.45) is 0 Å². The highest BCUT2D eigenvalue weighted by molar-refractivity contribution is 6.09. The van der Waals surface area contributed by atoms with Gasteiger partial charge in [-0.1, -0.05) is 36.4 Å². The lowest BCUT2D eigenvalue weighted by Crippen LogP contribution is -1.95. The third-order valence-electron chi connectivity index (χ3n) is 5.10. The highest BCUT2D eigenvalue weighted by Gasteiger charge is 2.28. The second-order valence-corrected chi connectivity index (χ2v) is 6.64. The van der Waals surface area contributed by atoms with Gasteiger partial charge in [0.2, 0.25) is 0 Å². The van der Waals surface area contributed by atoms with Gasteiger partial charge in [-0.05, 0) is 29.8 Å². The van der Waals surface area contributed by atoms with Crippen LogP contribution < -0.4 is 9.47 Å². The predicted molar refractivity (Wildman–Crippen MR) is 106 cm³/mol. The summed E-state index contributed by atoms with van der Waals surface area (Å²) in [7, 11) is 3.32. The molecular weight excluding hydrogens is 338 g/mol. The predicted octanol–water partition coefficient (Wildman–Crippen LogP) is 5.14. The van der Waals surface area contributed by atoms with Gasteiger partial charge < -0.3 is 14.2 Å². The maximum absolute atomic E-state index is 5.63. The van der Waals surface area contributed by atoms with E-state index in [1.165, 1.54) is 5.56 Å². The molecule has 0 aliphatic carbocycles. The number of pyridine rings is 1. The van der Waals surface area contributed by atoms with Crippen LogP contribution in [0.15, 0.2) is 60.7 Å². The van der Waals surface area contributed by atoms with E-state index < -0.39 is 0 Å². The number of ether oxygens (including phenoxy) is 3. The average Bonchev–Trinajstić information content (AvgIpc) is 3.57. The first-order valence-electron chi connectivity index (χ1n) is 8.95. The van der Waals surface area contributed by atoms with Crippen LogP contribution in [0, 0.1) is 0 Å². The van der Waals surface area contributed by atoms with Gasteiger partial charge in [0.1, 0.15) is 6.10 Å². The van der Waals surface area contributed by atoms with Gasteiger partial charge >= 0.3 is 0 Å². The fourth-order valence-electron chi connectivity index (χ4n) is 3.70. The highest BCUT2D eigenvalue weighted by Crippen LogP contribution is 2.42. The highest BCUT2D eigenvalue weighted by atomic mass is 16.6. The van der Waals surface area contributed by atoms with Crippen LogP contribution in [0.1, 0.15) is 11.7 Å². The third-order valence-corrected chi connectivity index (χ3v) is 5.10. The molecule has 0 N–H and O–H groups in total. The fraction of sp³-hybridized carbons (Fsp3) is 0.174. The molecule has 3 aromatic carbocycles. The van der Waals surface area contributed by atoms with Crippen LogP contribution in [0.5, 0.6) is 11.5 Å². The standard InChI is InChI=1S/C23H19NO3/c1-25-20-11-10-15-17(23(20)26-2)9-8-16-18(21-13-27-21)12-19(24-22(15)16)14-6-4-3-5-7-14/h3-12,21H,13H2,1-2H3. The van der Waals surface area contributed by atoms with Crippen molar-refractivity contribution in [1.82, 2.24) is 4.98 Å². The van der Waals surface area contributed by atoms with Crippen molar-refractivity contribution in [3.63, 3.8) is 0 Å². The third kappa shape index (κ3) is 2.61. The fourth-order valence-corrected chi connectivity index (χ4v) is 3.70. The summed E-state index contributed by atoms with van der Waals surface area (Å²) >= 11 is 0. The molecule has 1 atom stereocenters. The van der Waals surface area contributed by atoms with Gasteiger partial charge in [-0.25, -0.2) is 4.98 Å². The second kappa shape index (κ2) is 6.25. The largest absolute Gasteiger partial charge is 0.493 e. The van der Waals surface area contributed by atoms with Gasteiger partial charge in [0.15, 0.2) is 11.5 Å². The van der Waals surface area contributed by atoms with Crippen molar-refractivity contribution in [2.45, 2.75) is 6.10 Å². The van der Waals surface area contributed by atoms with Crippen molar-refractivity contribution in [3.8, 4) is 22.8 Å². The van der Waals surface area contributed by atoms with E-state index in [-0.39, 0.29) is 6.10 Å². The Morgan fingerprint density at radius 2 is 1.63 bits per heavy atom. The molecule has 4 heteroatoms. The molecule has 1 aromatic heterocycles. The van der Waals surface area contributed by atoms with Gasteiger partial charge in [-0.2, -0.15) is 0 Å². The molecule has 4 aromatic rings. The monoisotopic (exact) mass is 357 g/mol. The summed E-state index contributed by atoms with van der Waals surface area (Å²) in [5.41, 5.74) is 4.20. The summed E-state index contributed by atoms with van der Waals surface area (Å²) < 4.78 is 16.7. The molecule has 1 saturated heterocycles. The van der Waals surface area contributed by atoms with E-state index >= 15 is 0 Å². The summed E-state index contributed by atoms with van der Waals surface area (Å²) in [4.78, 5) is 5.02. The quantitative estimate of drug-likeness (QED) is 0.374. The van der Waals surface area contributed by atoms with E-state index in [2.05, 4.69) is 36.4 Å². The zero-order valence-corrected chi connectivity index (χ0v) is 15.2. The summed E-state index contributed by atoms with van der Waals surface area (Å²) in [5, 5.41) is 3.16. The summed E-state index contributed by atoms with van der Waals surface area (Å²) in [5.74, 6) is 1.45. The molecule has 0 saturated carbocycles. The normalized spacial score (nSPS) is 15.9. The number of aromatic nitrogens is 1. The molecule has 2 heterocycles. The first-order chi connectivity index (χ1) is 13.3. The van der Waals surface area contributed by atoms with Gasteiger partial charge in [-0.3, -0.25) is 0 Å². The Balaban J connectivity index is 1.86. The molecule has 134 valence electrons. The van der Waals surface area contributed by atoms with Crippen LogP contribution in [-0.2, 0) is 4.74 Å². The van der Waals surface area contributed by atoms with Crippen molar-refractivity contribution < 1.29 is 14.2 Å². The Kier molecular flexibility index (Phi) is 3.73. The second-order valence-electron chi connectivity index (χ2n) is 6.64. The Bertz CT molecular complexity index is 1150. The topological polar surface area (TPSA) is 43.9 Å². The lowest BCUT2D eigenvalue weighted by molar-refractivity contribution is 0.358. The van der Waals surface area contributed by atoms with Crippen LogP contribution in [0.2, 0.25) is 0 Å². The van der Waals surface area contributed by atoms with Crippen molar-refractivity contribution in [2.75, 3.05) is 20.8 Å². The van der Waals surface area contributed by atoms with E-state index in [4.69, 9.17) is 19.2 Å². The SMILES string of the molecule is COc1ccc2c(ccc3c(C4CO4)cc(-c4ccccc4)nc32)c1OC. The van der Waals surface area contributed by atoms with Crippen LogP contribution in [-0.4, -0.2) is 25.8 Å². The maximum Gasteiger partial charge on any atom is 0.168 e. The minimum absolute atomic E-state index is 0.149. The first kappa shape index (κ1) is 16.1. The van der Waals surface area contributed by atoms with E-state index in [1.54, 1.807) is 14.2 Å². The van der Waals surface area contributed by atoms with Crippen LogP contribution in [0.3, 0.4) is 0 Å². The van der Waals surface area contributed by atoms with E-state index in [0.717, 1.165) is 45.3 Å². The number of fused-ring (bicyclic) bond motifs is 3. The zero-order valence-electron chi connectivity index (χ0n) is 15.2. The van der Waals surface area contributed by atoms with Crippen molar-refractivity contribution >= 4 is 21.7 Å². The number of benzene rings is 3. The van der Waals surface area contributed by atoms with Gasteiger partial charge in [-0.15, -0.1) is 0 Å². The molecule has 1 aliphatic heterocycles. The van der Waals surface area contributed by atoms with E-state index in [9.17, 15) is 0 Å². The number of epoxide rings is 1. The van der Waals surface area contributed by atoms with Crippen LogP contribution in [0.25, 0.3) is 32.9 Å². The van der Waals surface area contributed by atoms with E-state index in [0.29, 0.717) is 5.75 Å². The first-order valence-corrected chi connectivity index (χ1v) is 8.95. The molecule has 0 radical (unpaired) electrons.